The lowest BCUT2D eigenvalue weighted by molar-refractivity contribution is -0.192. The zero-order valence-corrected chi connectivity index (χ0v) is 58.9. The van der Waals surface area contributed by atoms with Gasteiger partial charge in [0.25, 0.3) is 0 Å². The van der Waals surface area contributed by atoms with E-state index in [0.29, 0.717) is 131 Å². The molecule has 0 aliphatic heterocycles. The molecule has 0 N–H and O–H groups in total. The van der Waals surface area contributed by atoms with Gasteiger partial charge in [-0.15, -0.1) is 0 Å². The van der Waals surface area contributed by atoms with Crippen LogP contribution in [0.25, 0.3) is 0 Å². The fraction of sp³-hybridized carbons (Fsp3) is 0.925. The summed E-state index contributed by atoms with van der Waals surface area (Å²) in [6.07, 6.45) is 29.9. The quantitative estimate of drug-likeness (QED) is 0.0347. The number of carbonyl (C=O) groups excluding carboxylic acids is 6. The number of hydrogen-bond donors (Lipinski definition) is 0. The van der Waals surface area contributed by atoms with E-state index in [0.717, 1.165) is 106 Å². The summed E-state index contributed by atoms with van der Waals surface area (Å²) in [4.78, 5) is 76.4. The minimum absolute atomic E-state index is 0.0196. The topological polar surface area (TPSA) is 185 Å². The largest absolute Gasteiger partial charge is 0.462 e. The molecule has 0 spiro atoms. The lowest BCUT2D eigenvalue weighted by Gasteiger charge is -2.53. The van der Waals surface area contributed by atoms with E-state index in [-0.39, 0.29) is 104 Å². The fourth-order valence-electron chi connectivity index (χ4n) is 28.3. The summed E-state index contributed by atoms with van der Waals surface area (Å²) < 4.78 is 52.7. The summed E-state index contributed by atoms with van der Waals surface area (Å²) in [6.45, 7) is 16.8. The van der Waals surface area contributed by atoms with Gasteiger partial charge in [0.05, 0.1) is 47.2 Å². The maximum absolute atomic E-state index is 13.2. The van der Waals surface area contributed by atoms with Gasteiger partial charge in [-0.3, -0.25) is 28.8 Å². The summed E-state index contributed by atoms with van der Waals surface area (Å²) in [5.74, 6) is 16.8. The average Bonchev–Trinajstić information content (AvgIpc) is 1.53. The molecular formula is C80H118O15. The van der Waals surface area contributed by atoms with Crippen molar-refractivity contribution in [3.63, 3.8) is 0 Å². The third-order valence-corrected chi connectivity index (χ3v) is 32.1. The molecule has 95 heavy (non-hydrogen) atoms. The summed E-state index contributed by atoms with van der Waals surface area (Å²) >= 11 is 0. The van der Waals surface area contributed by atoms with Crippen LogP contribution in [0.3, 0.4) is 0 Å². The Labute approximate surface area is 566 Å². The Morgan fingerprint density at radius 2 is 0.674 bits per heavy atom. The Hall–Kier alpha value is -3.30. The van der Waals surface area contributed by atoms with E-state index in [1.54, 1.807) is 0 Å². The van der Waals surface area contributed by atoms with Gasteiger partial charge in [0.1, 0.15) is 18.3 Å². The van der Waals surface area contributed by atoms with Crippen molar-refractivity contribution in [1.82, 2.24) is 0 Å². The maximum atomic E-state index is 13.2. The van der Waals surface area contributed by atoms with Gasteiger partial charge < -0.3 is 42.6 Å². The Morgan fingerprint density at radius 1 is 0.358 bits per heavy atom. The molecule has 0 radical (unpaired) electrons. The van der Waals surface area contributed by atoms with E-state index >= 15 is 0 Å². The monoisotopic (exact) mass is 1320 g/mol. The molecular weight excluding hydrogens is 1200 g/mol. The second-order valence-electron chi connectivity index (χ2n) is 36.8. The molecule has 26 atom stereocenters. The van der Waals surface area contributed by atoms with Crippen molar-refractivity contribution in [1.29, 1.82) is 0 Å². The number of hydrogen-bond acceptors (Lipinski definition) is 15. The van der Waals surface area contributed by atoms with Gasteiger partial charge in [0, 0.05) is 6.61 Å². The molecule has 0 aromatic rings. The highest BCUT2D eigenvalue weighted by atomic mass is 16.7. The second kappa shape index (κ2) is 26.3. The van der Waals surface area contributed by atoms with Crippen LogP contribution < -0.4 is 0 Å². The highest BCUT2D eigenvalue weighted by Gasteiger charge is 2.70. The summed E-state index contributed by atoms with van der Waals surface area (Å²) in [5, 5.41) is 0. The molecule has 15 nitrogen and oxygen atoms in total. The standard InChI is InChI=1S/C30H44O5.C29H42O5.C21H32O5/c1-4-30(2,3)29(32)35-24-13-18-12-23(24)26-21-10-17(25(18)26)11-22(21)28(31)34-14-33-27-19-6-15-5-16(8-19)9-20(27)7-15;1-3-14(2)28(30)34-24-12-18-11-23(24)26-21-9-17(25(18)26)10-22(21)29(31)33-13-32-27-19-5-15-4-16(7-19)8-20(27)6-15;1-4-11(3)20(22)26-17-9-13-8-16(17)19-14-6-12(18(13)19)7-15(14)21(23)25-10-24-5-2/h15-27H,4-14H2,1-3H3;14-27H,3-13H2,1-2H3;11-19H,4-10H2,1-3H3. The molecule has 0 aromatic heterocycles. The van der Waals surface area contributed by atoms with Crippen molar-refractivity contribution in [2.75, 3.05) is 27.0 Å². The maximum Gasteiger partial charge on any atom is 0.311 e. The van der Waals surface area contributed by atoms with Crippen LogP contribution in [0.5, 0.6) is 0 Å². The van der Waals surface area contributed by atoms with Gasteiger partial charge in [-0.1, -0.05) is 34.6 Å². The Balaban J connectivity index is 0.000000114. The number of ether oxygens (including phenoxy) is 9. The van der Waals surface area contributed by atoms with Crippen LogP contribution in [0.4, 0.5) is 0 Å². The van der Waals surface area contributed by atoms with Crippen LogP contribution in [0, 0.1) is 189 Å². The lowest BCUT2D eigenvalue weighted by atomic mass is 9.55. The number of fused-ring (bicyclic) bond motifs is 27. The molecule has 15 heteroatoms. The SMILES string of the molecule is CCC(C)(C)C(=O)OC1CC2CC1C1C3CC(CC3C(=O)OCOC3C4CC5CC(C4)CC3C5)C21.CCC(C)C(=O)OC1CC2CC1C1C3CC(CC3C(=O)OCOC3C4CC5CC(C4)CC3C5)C21.CCOCOC(=O)C1CC2CC1C1C3CC(CC3OC(=O)C(C)CC)C21. The summed E-state index contributed by atoms with van der Waals surface area (Å²) in [7, 11) is 0. The van der Waals surface area contributed by atoms with Gasteiger partial charge >= 0.3 is 35.8 Å². The highest BCUT2D eigenvalue weighted by Crippen LogP contribution is 2.72. The van der Waals surface area contributed by atoms with Crippen molar-refractivity contribution >= 4 is 35.8 Å². The average molecular weight is 1320 g/mol. The van der Waals surface area contributed by atoms with Crippen LogP contribution in [-0.4, -0.2) is 93.3 Å². The van der Waals surface area contributed by atoms with E-state index in [4.69, 9.17) is 42.6 Å². The van der Waals surface area contributed by atoms with E-state index in [1.165, 1.54) is 96.3 Å². The molecule has 20 fully saturated rings. The zero-order chi connectivity index (χ0) is 65.6. The fourth-order valence-corrected chi connectivity index (χ4v) is 28.3. The first kappa shape index (κ1) is 66.3. The minimum Gasteiger partial charge on any atom is -0.462 e. The van der Waals surface area contributed by atoms with Crippen molar-refractivity contribution in [3.05, 3.63) is 0 Å². The van der Waals surface area contributed by atoms with Crippen LogP contribution >= 0.6 is 0 Å². The molecule has 0 aromatic carbocycles. The molecule has 20 saturated carbocycles. The van der Waals surface area contributed by atoms with Gasteiger partial charge in [-0.25, -0.2) is 0 Å². The molecule has 20 bridgehead atoms. The predicted octanol–water partition coefficient (Wildman–Crippen LogP) is 14.2. The van der Waals surface area contributed by atoms with Gasteiger partial charge in [0.15, 0.2) is 20.4 Å². The zero-order valence-electron chi connectivity index (χ0n) is 58.9. The molecule has 0 saturated heterocycles. The molecule has 528 valence electrons. The van der Waals surface area contributed by atoms with Crippen LogP contribution in [0.15, 0.2) is 0 Å². The number of carbonyl (C=O) groups is 6. The van der Waals surface area contributed by atoms with Crippen molar-refractivity contribution in [2.45, 2.75) is 246 Å². The van der Waals surface area contributed by atoms with E-state index in [1.807, 2.05) is 48.5 Å². The van der Waals surface area contributed by atoms with Crippen LogP contribution in [-0.2, 0) is 71.4 Å². The van der Waals surface area contributed by atoms with Gasteiger partial charge in [0.2, 0.25) is 0 Å². The smallest absolute Gasteiger partial charge is 0.311 e. The van der Waals surface area contributed by atoms with Gasteiger partial charge in [-0.05, 0) is 335 Å². The normalized spacial score (nSPS) is 49.1. The molecule has 0 heterocycles. The minimum atomic E-state index is -0.417. The first-order valence-corrected chi connectivity index (χ1v) is 39.8. The molecule has 20 rings (SSSR count). The van der Waals surface area contributed by atoms with Crippen LogP contribution in [0.1, 0.15) is 216 Å². The molecule has 20 aliphatic rings. The van der Waals surface area contributed by atoms with Gasteiger partial charge in [-0.2, -0.15) is 0 Å². The van der Waals surface area contributed by atoms with Crippen molar-refractivity contribution < 1.29 is 71.4 Å². The molecule has 26 unspecified atom stereocenters. The number of esters is 6. The summed E-state index contributed by atoms with van der Waals surface area (Å²) in [5.41, 5.74) is -0.417. The Kier molecular flexibility index (Phi) is 18.3. The Bertz CT molecular complexity index is 2810. The first-order valence-electron chi connectivity index (χ1n) is 39.8. The lowest BCUT2D eigenvalue weighted by Crippen LogP contribution is -2.49. The molecule has 20 aliphatic carbocycles. The first-order chi connectivity index (χ1) is 45.9. The van der Waals surface area contributed by atoms with E-state index in [9.17, 15) is 28.8 Å². The summed E-state index contributed by atoms with van der Waals surface area (Å²) in [6, 6.07) is 0. The van der Waals surface area contributed by atoms with E-state index in [2.05, 4.69) is 6.92 Å². The molecule has 0 amide bonds. The second-order valence-corrected chi connectivity index (χ2v) is 36.8. The highest BCUT2D eigenvalue weighted by molar-refractivity contribution is 5.77. The van der Waals surface area contributed by atoms with Crippen molar-refractivity contribution in [2.24, 2.45) is 189 Å². The van der Waals surface area contributed by atoms with Crippen LogP contribution in [0.2, 0.25) is 0 Å². The Morgan fingerprint density at radius 3 is 1.00 bits per heavy atom. The van der Waals surface area contributed by atoms with Crippen molar-refractivity contribution in [3.8, 4) is 0 Å². The third kappa shape index (κ3) is 11.7. The predicted molar refractivity (Wildman–Crippen MR) is 350 cm³/mol. The third-order valence-electron chi connectivity index (χ3n) is 32.1. The number of rotatable bonds is 21. The van der Waals surface area contributed by atoms with E-state index < -0.39 is 5.41 Å².